The molecule has 2 rings (SSSR count). The second-order valence-corrected chi connectivity index (χ2v) is 4.37. The van der Waals surface area contributed by atoms with Crippen LogP contribution in [0.3, 0.4) is 0 Å². The zero-order chi connectivity index (χ0) is 14.7. The van der Waals surface area contributed by atoms with Crippen molar-refractivity contribution in [3.8, 4) is 11.5 Å². The Morgan fingerprint density at radius 1 is 1.30 bits per heavy atom. The minimum Gasteiger partial charge on any atom is -0.504 e. The van der Waals surface area contributed by atoms with Gasteiger partial charge in [0.25, 0.3) is 5.91 Å². The van der Waals surface area contributed by atoms with E-state index in [2.05, 4.69) is 5.32 Å². The van der Waals surface area contributed by atoms with Crippen molar-refractivity contribution in [3.63, 3.8) is 0 Å². The Morgan fingerprint density at radius 3 is 2.65 bits per heavy atom. The zero-order valence-corrected chi connectivity index (χ0v) is 11.2. The number of hydrogen-bond acceptors (Lipinski definition) is 3. The molecule has 0 atom stereocenters. The van der Waals surface area contributed by atoms with Crippen molar-refractivity contribution in [3.05, 3.63) is 52.8 Å². The molecule has 0 aliphatic rings. The maximum Gasteiger partial charge on any atom is 0.255 e. The van der Waals surface area contributed by atoms with Gasteiger partial charge in [0.2, 0.25) is 0 Å². The number of halogens is 2. The second-order valence-electron chi connectivity index (χ2n) is 3.96. The van der Waals surface area contributed by atoms with E-state index in [1.165, 1.54) is 37.4 Å². The van der Waals surface area contributed by atoms with Gasteiger partial charge in [-0.1, -0.05) is 11.6 Å². The number of hydrogen-bond donors (Lipinski definition) is 2. The first-order valence-electron chi connectivity index (χ1n) is 5.64. The van der Waals surface area contributed by atoms with E-state index in [1.807, 2.05) is 0 Å². The SMILES string of the molecule is COc1ccc(C(=O)Nc2ccc(F)cc2Cl)cc1O. The summed E-state index contributed by atoms with van der Waals surface area (Å²) in [5.41, 5.74) is 0.511. The number of phenolic OH excluding ortho intramolecular Hbond substituents is 1. The maximum atomic E-state index is 12.9. The number of aromatic hydroxyl groups is 1. The fraction of sp³-hybridized carbons (Fsp3) is 0.0714. The minimum absolute atomic E-state index is 0.0936. The van der Waals surface area contributed by atoms with Gasteiger partial charge in [-0.25, -0.2) is 4.39 Å². The molecular weight excluding hydrogens is 285 g/mol. The van der Waals surface area contributed by atoms with E-state index < -0.39 is 11.7 Å². The fourth-order valence-electron chi connectivity index (χ4n) is 1.62. The van der Waals surface area contributed by atoms with Crippen molar-refractivity contribution in [2.24, 2.45) is 0 Å². The first-order valence-corrected chi connectivity index (χ1v) is 6.02. The van der Waals surface area contributed by atoms with Crippen molar-refractivity contribution in [1.29, 1.82) is 0 Å². The molecule has 1 amide bonds. The summed E-state index contributed by atoms with van der Waals surface area (Å²) in [5.74, 6) is -0.849. The molecule has 0 heterocycles. The molecule has 0 saturated carbocycles. The number of nitrogens with one attached hydrogen (secondary N) is 1. The maximum absolute atomic E-state index is 12.9. The summed E-state index contributed by atoms with van der Waals surface area (Å²) in [6.07, 6.45) is 0. The Balaban J connectivity index is 2.21. The van der Waals surface area contributed by atoms with Crippen LogP contribution in [0.5, 0.6) is 11.5 Å². The van der Waals surface area contributed by atoms with Crippen LogP contribution >= 0.6 is 11.6 Å². The average molecular weight is 296 g/mol. The van der Waals surface area contributed by atoms with Gasteiger partial charge >= 0.3 is 0 Å². The lowest BCUT2D eigenvalue weighted by Gasteiger charge is -2.09. The third kappa shape index (κ3) is 3.00. The van der Waals surface area contributed by atoms with Gasteiger partial charge in [0.15, 0.2) is 11.5 Å². The van der Waals surface area contributed by atoms with Crippen LogP contribution in [0.2, 0.25) is 5.02 Å². The third-order valence-electron chi connectivity index (χ3n) is 2.62. The molecular formula is C14H11ClFNO3. The van der Waals surface area contributed by atoms with Gasteiger partial charge in [0.05, 0.1) is 17.8 Å². The largest absolute Gasteiger partial charge is 0.504 e. The minimum atomic E-state index is -0.491. The quantitative estimate of drug-likeness (QED) is 0.912. The van der Waals surface area contributed by atoms with Gasteiger partial charge in [0.1, 0.15) is 5.82 Å². The molecule has 0 fully saturated rings. The molecule has 0 unspecified atom stereocenters. The molecule has 2 aromatic rings. The van der Waals surface area contributed by atoms with E-state index in [4.69, 9.17) is 16.3 Å². The molecule has 0 aliphatic carbocycles. The highest BCUT2D eigenvalue weighted by Crippen LogP contribution is 2.27. The van der Waals surface area contributed by atoms with Crippen molar-refractivity contribution in [2.45, 2.75) is 0 Å². The molecule has 0 bridgehead atoms. The highest BCUT2D eigenvalue weighted by Gasteiger charge is 2.11. The summed E-state index contributed by atoms with van der Waals surface area (Å²) in [4.78, 5) is 12.0. The normalized spacial score (nSPS) is 10.2. The van der Waals surface area contributed by atoms with Crippen molar-refractivity contribution in [1.82, 2.24) is 0 Å². The lowest BCUT2D eigenvalue weighted by molar-refractivity contribution is 0.102. The highest BCUT2D eigenvalue weighted by atomic mass is 35.5. The zero-order valence-electron chi connectivity index (χ0n) is 10.5. The first kappa shape index (κ1) is 14.1. The number of amides is 1. The van der Waals surface area contributed by atoms with Crippen molar-refractivity contribution in [2.75, 3.05) is 12.4 Å². The number of benzene rings is 2. The molecule has 0 aromatic heterocycles. The van der Waals surface area contributed by atoms with Crippen LogP contribution in [0.4, 0.5) is 10.1 Å². The van der Waals surface area contributed by atoms with Crippen LogP contribution in [-0.4, -0.2) is 18.1 Å². The summed E-state index contributed by atoms with van der Waals surface area (Å²) in [6, 6.07) is 7.88. The summed E-state index contributed by atoms with van der Waals surface area (Å²) in [5, 5.41) is 12.2. The highest BCUT2D eigenvalue weighted by molar-refractivity contribution is 6.33. The van der Waals surface area contributed by atoms with E-state index in [0.717, 1.165) is 6.07 Å². The lowest BCUT2D eigenvalue weighted by atomic mass is 10.2. The number of anilines is 1. The predicted octanol–water partition coefficient (Wildman–Crippen LogP) is 3.45. The fourth-order valence-corrected chi connectivity index (χ4v) is 1.83. The molecule has 20 heavy (non-hydrogen) atoms. The molecule has 4 nitrogen and oxygen atoms in total. The standard InChI is InChI=1S/C14H11ClFNO3/c1-20-13-5-2-8(6-12(13)18)14(19)17-11-4-3-9(16)7-10(11)15/h2-7,18H,1H3,(H,17,19). The summed E-state index contributed by atoms with van der Waals surface area (Å²) >= 11 is 5.82. The Labute approximate surface area is 119 Å². The van der Waals surface area contributed by atoms with E-state index >= 15 is 0 Å². The van der Waals surface area contributed by atoms with Crippen LogP contribution < -0.4 is 10.1 Å². The smallest absolute Gasteiger partial charge is 0.255 e. The number of carbonyl (C=O) groups excluding carboxylic acids is 1. The topological polar surface area (TPSA) is 58.6 Å². The molecule has 0 saturated heterocycles. The van der Waals surface area contributed by atoms with Crippen molar-refractivity contribution >= 4 is 23.2 Å². The number of methoxy groups -OCH3 is 1. The average Bonchev–Trinajstić information content (AvgIpc) is 2.41. The summed E-state index contributed by atoms with van der Waals surface area (Å²) in [7, 11) is 1.41. The van der Waals surface area contributed by atoms with E-state index in [9.17, 15) is 14.3 Å². The van der Waals surface area contributed by atoms with Crippen LogP contribution in [0.1, 0.15) is 10.4 Å². The number of phenols is 1. The van der Waals surface area contributed by atoms with Crippen molar-refractivity contribution < 1.29 is 19.0 Å². The molecule has 104 valence electrons. The van der Waals surface area contributed by atoms with Crippen LogP contribution in [0, 0.1) is 5.82 Å². The number of rotatable bonds is 3. The van der Waals surface area contributed by atoms with E-state index in [1.54, 1.807) is 0 Å². The monoisotopic (exact) mass is 295 g/mol. The molecule has 0 spiro atoms. The third-order valence-corrected chi connectivity index (χ3v) is 2.93. The summed E-state index contributed by atoms with van der Waals surface area (Å²) in [6.45, 7) is 0. The van der Waals surface area contributed by atoms with Gasteiger partial charge < -0.3 is 15.2 Å². The number of carbonyl (C=O) groups is 1. The molecule has 6 heteroatoms. The Kier molecular flexibility index (Phi) is 4.10. The summed E-state index contributed by atoms with van der Waals surface area (Å²) < 4.78 is 17.8. The van der Waals surface area contributed by atoms with Crippen LogP contribution in [0.25, 0.3) is 0 Å². The second kappa shape index (κ2) is 5.79. The van der Waals surface area contributed by atoms with Crippen LogP contribution in [-0.2, 0) is 0 Å². The van der Waals surface area contributed by atoms with Crippen LogP contribution in [0.15, 0.2) is 36.4 Å². The Bertz CT molecular complexity index is 661. The Hall–Kier alpha value is -2.27. The molecule has 0 radical (unpaired) electrons. The first-order chi connectivity index (χ1) is 9.51. The van der Waals surface area contributed by atoms with Gasteiger partial charge in [-0.3, -0.25) is 4.79 Å². The lowest BCUT2D eigenvalue weighted by Crippen LogP contribution is -2.12. The van der Waals surface area contributed by atoms with Gasteiger partial charge in [-0.05, 0) is 36.4 Å². The van der Waals surface area contributed by atoms with E-state index in [-0.39, 0.29) is 27.8 Å². The van der Waals surface area contributed by atoms with Gasteiger partial charge in [-0.2, -0.15) is 0 Å². The van der Waals surface area contributed by atoms with Gasteiger partial charge in [-0.15, -0.1) is 0 Å². The van der Waals surface area contributed by atoms with Gasteiger partial charge in [0, 0.05) is 5.56 Å². The molecule has 2 aromatic carbocycles. The molecule has 2 N–H and O–H groups in total. The van der Waals surface area contributed by atoms with E-state index in [0.29, 0.717) is 0 Å². The predicted molar refractivity (Wildman–Crippen MR) is 74.0 cm³/mol. The molecule has 0 aliphatic heterocycles. The Morgan fingerprint density at radius 2 is 2.05 bits per heavy atom. The number of ether oxygens (including phenoxy) is 1.